The first-order valence-corrected chi connectivity index (χ1v) is 25.2. The van der Waals surface area contributed by atoms with Crippen molar-refractivity contribution in [3.63, 3.8) is 0 Å². The SMILES string of the molecule is CCCCCCCCCN(CCCCCCCCC)CCCCCCC(=O)[O-].CCCCCCCCCN(CCCCCCCCC)CCCCCCC(=O)[O-].[Ca+2]. The Morgan fingerprint density at radius 3 is 0.614 bits per heavy atom. The molecule has 0 rings (SSSR count). The van der Waals surface area contributed by atoms with Crippen LogP contribution in [0.4, 0.5) is 0 Å². The van der Waals surface area contributed by atoms with Crippen molar-refractivity contribution in [3.8, 4) is 0 Å². The van der Waals surface area contributed by atoms with Gasteiger partial charge in [-0.2, -0.15) is 0 Å². The number of hydrogen-bond acceptors (Lipinski definition) is 6. The van der Waals surface area contributed by atoms with E-state index in [1.54, 1.807) is 0 Å². The summed E-state index contributed by atoms with van der Waals surface area (Å²) in [6, 6.07) is 0. The van der Waals surface area contributed by atoms with Crippen molar-refractivity contribution in [2.24, 2.45) is 0 Å². The Labute approximate surface area is 387 Å². The third kappa shape index (κ3) is 56.1. The molecule has 0 atom stereocenters. The number of hydrogen-bond donors (Lipinski definition) is 0. The average Bonchev–Trinajstić information content (AvgIpc) is 3.18. The first-order chi connectivity index (χ1) is 27.4. The van der Waals surface area contributed by atoms with Crippen molar-refractivity contribution in [1.82, 2.24) is 9.80 Å². The van der Waals surface area contributed by atoms with Crippen molar-refractivity contribution < 1.29 is 19.8 Å². The molecule has 0 saturated carbocycles. The van der Waals surface area contributed by atoms with Gasteiger partial charge in [0.15, 0.2) is 0 Å². The van der Waals surface area contributed by atoms with Crippen LogP contribution in [0, 0.1) is 0 Å². The Hall–Kier alpha value is 0.120. The molecule has 0 unspecified atom stereocenters. The van der Waals surface area contributed by atoms with Crippen LogP contribution < -0.4 is 10.2 Å². The molecule has 0 radical (unpaired) electrons. The Morgan fingerprint density at radius 1 is 0.281 bits per heavy atom. The molecule has 57 heavy (non-hydrogen) atoms. The Morgan fingerprint density at radius 2 is 0.439 bits per heavy atom. The second-order valence-corrected chi connectivity index (χ2v) is 17.2. The van der Waals surface area contributed by atoms with Gasteiger partial charge < -0.3 is 29.6 Å². The normalized spacial score (nSPS) is 11.2. The number of nitrogens with zero attached hydrogens (tertiary/aromatic N) is 2. The number of carbonyl (C=O) groups excluding carboxylic acids is 2. The second kappa shape index (κ2) is 54.1. The van der Waals surface area contributed by atoms with Gasteiger partial charge in [-0.1, -0.05) is 207 Å². The maximum absolute atomic E-state index is 10.5. The first kappa shape index (κ1) is 61.4. The summed E-state index contributed by atoms with van der Waals surface area (Å²) in [7, 11) is 0. The maximum atomic E-state index is 10.5. The van der Waals surface area contributed by atoms with Crippen LogP contribution >= 0.6 is 0 Å². The molecule has 0 bridgehead atoms. The van der Waals surface area contributed by atoms with Crippen molar-refractivity contribution >= 4 is 49.7 Å². The van der Waals surface area contributed by atoms with Crippen molar-refractivity contribution in [3.05, 3.63) is 0 Å². The summed E-state index contributed by atoms with van der Waals surface area (Å²) in [6.45, 7) is 16.5. The fraction of sp³-hybridized carbons (Fsp3) is 0.960. The van der Waals surface area contributed by atoms with Crippen LogP contribution in [0.3, 0.4) is 0 Å². The van der Waals surface area contributed by atoms with E-state index in [-0.39, 0.29) is 50.6 Å². The summed E-state index contributed by atoms with van der Waals surface area (Å²) in [5.74, 6) is -1.81. The van der Waals surface area contributed by atoms with E-state index in [0.29, 0.717) is 0 Å². The number of unbranched alkanes of at least 4 members (excludes halogenated alkanes) is 30. The zero-order valence-corrected chi connectivity index (χ0v) is 41.6. The number of rotatable bonds is 46. The van der Waals surface area contributed by atoms with E-state index in [0.717, 1.165) is 38.5 Å². The van der Waals surface area contributed by atoms with Crippen molar-refractivity contribution in [2.45, 2.75) is 272 Å². The second-order valence-electron chi connectivity index (χ2n) is 17.2. The van der Waals surface area contributed by atoms with Gasteiger partial charge in [0.2, 0.25) is 0 Å². The van der Waals surface area contributed by atoms with Gasteiger partial charge in [-0.05, 0) is 103 Å². The number of carbonyl (C=O) groups is 2. The number of carboxylic acids is 2. The fourth-order valence-electron chi connectivity index (χ4n) is 7.76. The molecule has 0 amide bonds. The minimum atomic E-state index is -0.903. The quantitative estimate of drug-likeness (QED) is 0.0448. The molecule has 0 fully saturated rings. The third-order valence-electron chi connectivity index (χ3n) is 11.5. The van der Waals surface area contributed by atoms with Gasteiger partial charge >= 0.3 is 37.7 Å². The minimum absolute atomic E-state index is 0. The molecule has 336 valence electrons. The molecular weight excluding hydrogens is 733 g/mol. The van der Waals surface area contributed by atoms with Gasteiger partial charge in [0.25, 0.3) is 0 Å². The van der Waals surface area contributed by atoms with Gasteiger partial charge in [-0.3, -0.25) is 0 Å². The average molecular weight is 833 g/mol. The molecule has 0 aliphatic rings. The smallest absolute Gasteiger partial charge is 0.550 e. The van der Waals surface area contributed by atoms with Crippen molar-refractivity contribution in [2.75, 3.05) is 39.3 Å². The summed E-state index contributed by atoms with van der Waals surface area (Å²) in [4.78, 5) is 26.3. The molecule has 0 N–H and O–H groups in total. The summed E-state index contributed by atoms with van der Waals surface area (Å²) in [5, 5.41) is 21.0. The summed E-state index contributed by atoms with van der Waals surface area (Å²) < 4.78 is 0. The first-order valence-electron chi connectivity index (χ1n) is 25.2. The fourth-order valence-corrected chi connectivity index (χ4v) is 7.76. The summed E-state index contributed by atoms with van der Waals surface area (Å²) in [6.07, 6.45) is 47.4. The molecule has 0 saturated heterocycles. The zero-order valence-electron chi connectivity index (χ0n) is 39.3. The van der Waals surface area contributed by atoms with Gasteiger partial charge in [0.05, 0.1) is 0 Å². The van der Waals surface area contributed by atoms with Gasteiger partial charge in [0.1, 0.15) is 0 Å². The zero-order chi connectivity index (χ0) is 41.4. The molecule has 0 heterocycles. The predicted octanol–water partition coefficient (Wildman–Crippen LogP) is 12.6. The maximum Gasteiger partial charge on any atom is 2.00 e. The Kier molecular flexibility index (Phi) is 58.3. The van der Waals surface area contributed by atoms with Gasteiger partial charge in [-0.25, -0.2) is 0 Å². The molecule has 0 spiro atoms. The van der Waals surface area contributed by atoms with Crippen LogP contribution in [0.1, 0.15) is 272 Å². The Bertz CT molecular complexity index is 673. The molecule has 7 heteroatoms. The number of carboxylic acid groups (broad SMARTS) is 2. The van der Waals surface area contributed by atoms with Crippen LogP contribution in [0.5, 0.6) is 0 Å². The molecular formula is C50H100CaN2O4. The van der Waals surface area contributed by atoms with Crippen LogP contribution in [-0.4, -0.2) is 98.7 Å². The van der Waals surface area contributed by atoms with Crippen molar-refractivity contribution in [1.29, 1.82) is 0 Å². The van der Waals surface area contributed by atoms with E-state index in [4.69, 9.17) is 0 Å². The van der Waals surface area contributed by atoms with Gasteiger partial charge in [0, 0.05) is 11.9 Å². The van der Waals surface area contributed by atoms with E-state index < -0.39 is 11.9 Å². The molecule has 0 aromatic carbocycles. The van der Waals surface area contributed by atoms with Crippen LogP contribution in [0.15, 0.2) is 0 Å². The minimum Gasteiger partial charge on any atom is -0.550 e. The van der Waals surface area contributed by atoms with E-state index >= 15 is 0 Å². The van der Waals surface area contributed by atoms with Crippen LogP contribution in [0.25, 0.3) is 0 Å². The molecule has 0 aromatic rings. The predicted molar refractivity (Wildman–Crippen MR) is 247 cm³/mol. The monoisotopic (exact) mass is 833 g/mol. The summed E-state index contributed by atoms with van der Waals surface area (Å²) >= 11 is 0. The standard InChI is InChI=1S/2C25H51NO2.Ca/c2*1-3-5-7-9-11-14-18-22-26(23-19-15-12-10-8-6-4-2)24-20-16-13-17-21-25(27)28;/h2*3-24H2,1-2H3,(H,27,28);/q;;+2/p-2. The summed E-state index contributed by atoms with van der Waals surface area (Å²) in [5.41, 5.74) is 0. The Balaban J connectivity index is -0.00000101. The molecule has 6 nitrogen and oxygen atoms in total. The van der Waals surface area contributed by atoms with E-state index in [1.165, 1.54) is 232 Å². The van der Waals surface area contributed by atoms with Gasteiger partial charge in [-0.15, -0.1) is 0 Å². The van der Waals surface area contributed by atoms with E-state index in [1.807, 2.05) is 0 Å². The van der Waals surface area contributed by atoms with E-state index in [9.17, 15) is 19.8 Å². The molecule has 0 aromatic heterocycles. The number of aliphatic carboxylic acids is 2. The third-order valence-corrected chi connectivity index (χ3v) is 11.5. The van der Waals surface area contributed by atoms with Crippen LogP contribution in [-0.2, 0) is 9.59 Å². The topological polar surface area (TPSA) is 86.7 Å². The van der Waals surface area contributed by atoms with Crippen LogP contribution in [0.2, 0.25) is 0 Å². The van der Waals surface area contributed by atoms with E-state index in [2.05, 4.69) is 37.5 Å². The largest absolute Gasteiger partial charge is 2.00 e. The molecule has 0 aliphatic carbocycles. The molecule has 0 aliphatic heterocycles.